The van der Waals surface area contributed by atoms with E-state index in [0.717, 1.165) is 38.5 Å². The molecule has 0 spiro atoms. The van der Waals surface area contributed by atoms with E-state index < -0.39 is 6.10 Å². The van der Waals surface area contributed by atoms with Crippen molar-refractivity contribution in [3.05, 3.63) is 60.9 Å². The molecule has 0 amide bonds. The average Bonchev–Trinajstić information content (AvgIpc) is 3.05. The van der Waals surface area contributed by atoms with Gasteiger partial charge < -0.3 is 14.6 Å². The standard InChI is InChI=1S/C41H72O4/c1-3-5-7-9-11-13-15-17-19-21-22-24-26-28-30-32-34-36-41(43)45-40(38-42)39-44-37-35-33-31-29-27-25-23-20-18-16-14-12-10-8-6-4-2/h11,13,17,19,22,24,28,30,35,37,40,42H,3-10,12,14-16,18,20-21,23,25-27,29,31-34,36,38-39H2,1-2H3/b13-11-,19-17-,24-22-,30-28-,37-35-/t40-/m0/s1. The SMILES string of the molecule is CCCCC/C=C\C/C=C\C/C=C\C/C=C\CCCC(=O)O[C@@H](CO)CO/C=C\CCCCCCCCCCCCCCCC. The van der Waals surface area contributed by atoms with Crippen molar-refractivity contribution in [2.24, 2.45) is 0 Å². The average molecular weight is 629 g/mol. The lowest BCUT2D eigenvalue weighted by Gasteiger charge is -2.14. The van der Waals surface area contributed by atoms with Crippen molar-refractivity contribution in [1.29, 1.82) is 0 Å². The van der Waals surface area contributed by atoms with Gasteiger partial charge in [0.05, 0.1) is 12.9 Å². The summed E-state index contributed by atoms with van der Waals surface area (Å²) in [5.41, 5.74) is 0. The Morgan fingerprint density at radius 1 is 0.533 bits per heavy atom. The van der Waals surface area contributed by atoms with Crippen LogP contribution in [-0.2, 0) is 14.3 Å². The molecule has 0 heterocycles. The topological polar surface area (TPSA) is 55.8 Å². The Hall–Kier alpha value is -2.07. The first-order valence-corrected chi connectivity index (χ1v) is 18.9. The molecule has 0 aromatic heterocycles. The third kappa shape index (κ3) is 36.3. The zero-order chi connectivity index (χ0) is 32.7. The highest BCUT2D eigenvalue weighted by Gasteiger charge is 2.13. The number of hydrogen-bond donors (Lipinski definition) is 1. The molecule has 1 N–H and O–H groups in total. The number of aliphatic hydroxyl groups is 1. The lowest BCUT2D eigenvalue weighted by Crippen LogP contribution is -2.26. The summed E-state index contributed by atoms with van der Waals surface area (Å²) in [6, 6.07) is 0. The zero-order valence-electron chi connectivity index (χ0n) is 29.6. The molecule has 0 rings (SSSR count). The molecule has 0 aromatic rings. The number of carbonyl (C=O) groups is 1. The van der Waals surface area contributed by atoms with Gasteiger partial charge in [0.1, 0.15) is 6.61 Å². The first-order chi connectivity index (χ1) is 22.2. The Balaban J connectivity index is 3.60. The molecule has 0 aromatic carbocycles. The quantitative estimate of drug-likeness (QED) is 0.0333. The fourth-order valence-electron chi connectivity index (χ4n) is 5.05. The van der Waals surface area contributed by atoms with E-state index in [-0.39, 0.29) is 19.2 Å². The minimum absolute atomic E-state index is 0.189. The van der Waals surface area contributed by atoms with Gasteiger partial charge >= 0.3 is 5.97 Å². The number of ether oxygens (including phenoxy) is 2. The minimum atomic E-state index is -0.611. The van der Waals surface area contributed by atoms with E-state index >= 15 is 0 Å². The summed E-state index contributed by atoms with van der Waals surface area (Å²) in [6.45, 7) is 4.48. The highest BCUT2D eigenvalue weighted by atomic mass is 16.6. The molecule has 0 aliphatic heterocycles. The summed E-state index contributed by atoms with van der Waals surface area (Å²) in [5.74, 6) is -0.278. The third-order valence-corrected chi connectivity index (χ3v) is 7.91. The first kappa shape index (κ1) is 42.9. The first-order valence-electron chi connectivity index (χ1n) is 18.9. The molecular formula is C41H72O4. The van der Waals surface area contributed by atoms with Gasteiger partial charge in [-0.25, -0.2) is 0 Å². The largest absolute Gasteiger partial charge is 0.498 e. The van der Waals surface area contributed by atoms with Crippen molar-refractivity contribution in [2.75, 3.05) is 13.2 Å². The van der Waals surface area contributed by atoms with Crippen LogP contribution in [0.15, 0.2) is 60.9 Å². The van der Waals surface area contributed by atoms with Gasteiger partial charge in [-0.1, -0.05) is 159 Å². The second-order valence-corrected chi connectivity index (χ2v) is 12.4. The van der Waals surface area contributed by atoms with Crippen molar-refractivity contribution in [2.45, 2.75) is 180 Å². The molecule has 0 aliphatic rings. The number of hydrogen-bond acceptors (Lipinski definition) is 4. The van der Waals surface area contributed by atoms with E-state index in [2.05, 4.69) is 62.5 Å². The van der Waals surface area contributed by atoms with Gasteiger partial charge in [0.15, 0.2) is 6.10 Å². The second-order valence-electron chi connectivity index (χ2n) is 12.4. The van der Waals surface area contributed by atoms with Crippen molar-refractivity contribution in [3.8, 4) is 0 Å². The van der Waals surface area contributed by atoms with E-state index in [1.807, 2.05) is 6.08 Å². The molecule has 0 radical (unpaired) electrons. The normalized spacial score (nSPS) is 13.0. The number of aliphatic hydroxyl groups excluding tert-OH is 1. The summed E-state index contributed by atoms with van der Waals surface area (Å²) in [4.78, 5) is 12.1. The number of rotatable bonds is 34. The van der Waals surface area contributed by atoms with E-state index in [1.54, 1.807) is 6.26 Å². The fraction of sp³-hybridized carbons (Fsp3) is 0.732. The molecule has 4 nitrogen and oxygen atoms in total. The highest BCUT2D eigenvalue weighted by Crippen LogP contribution is 2.13. The Labute approximate surface area is 279 Å². The molecule has 0 bridgehead atoms. The summed E-state index contributed by atoms with van der Waals surface area (Å²) >= 11 is 0. The zero-order valence-corrected chi connectivity index (χ0v) is 29.6. The van der Waals surface area contributed by atoms with Crippen LogP contribution < -0.4 is 0 Å². The van der Waals surface area contributed by atoms with Crippen LogP contribution in [0.25, 0.3) is 0 Å². The fourth-order valence-corrected chi connectivity index (χ4v) is 5.05. The summed E-state index contributed by atoms with van der Waals surface area (Å²) < 4.78 is 10.9. The van der Waals surface area contributed by atoms with Gasteiger partial charge in [0.2, 0.25) is 0 Å². The molecule has 45 heavy (non-hydrogen) atoms. The van der Waals surface area contributed by atoms with E-state index in [4.69, 9.17) is 9.47 Å². The summed E-state index contributed by atoms with van der Waals surface area (Å²) in [5, 5.41) is 9.53. The maximum Gasteiger partial charge on any atom is 0.306 e. The maximum atomic E-state index is 12.1. The van der Waals surface area contributed by atoms with Crippen molar-refractivity contribution in [3.63, 3.8) is 0 Å². The predicted molar refractivity (Wildman–Crippen MR) is 195 cm³/mol. The monoisotopic (exact) mass is 629 g/mol. The number of esters is 1. The highest BCUT2D eigenvalue weighted by molar-refractivity contribution is 5.69. The molecule has 0 aliphatic carbocycles. The van der Waals surface area contributed by atoms with Crippen LogP contribution in [0.5, 0.6) is 0 Å². The number of carbonyl (C=O) groups excluding carboxylic acids is 1. The molecular weight excluding hydrogens is 556 g/mol. The number of unbranched alkanes of at least 4 members (excludes halogenated alkanes) is 18. The Bertz CT molecular complexity index is 749. The molecule has 260 valence electrons. The summed E-state index contributed by atoms with van der Waals surface area (Å²) in [6.07, 6.45) is 50.8. The van der Waals surface area contributed by atoms with Crippen molar-refractivity contribution >= 4 is 5.97 Å². The van der Waals surface area contributed by atoms with Crippen LogP contribution in [0, 0.1) is 0 Å². The molecule has 0 saturated carbocycles. The van der Waals surface area contributed by atoms with Crippen LogP contribution >= 0.6 is 0 Å². The molecule has 0 saturated heterocycles. The molecule has 1 atom stereocenters. The van der Waals surface area contributed by atoms with Gasteiger partial charge in [-0.05, 0) is 63.9 Å². The van der Waals surface area contributed by atoms with Crippen LogP contribution in [-0.4, -0.2) is 30.4 Å². The Morgan fingerprint density at radius 3 is 1.44 bits per heavy atom. The van der Waals surface area contributed by atoms with Crippen molar-refractivity contribution in [1.82, 2.24) is 0 Å². The molecule has 4 heteroatoms. The number of allylic oxidation sites excluding steroid dienone is 9. The van der Waals surface area contributed by atoms with Crippen LogP contribution in [0.2, 0.25) is 0 Å². The molecule has 0 unspecified atom stereocenters. The Kier molecular flexibility index (Phi) is 36.4. The predicted octanol–water partition coefficient (Wildman–Crippen LogP) is 12.4. The van der Waals surface area contributed by atoms with E-state index in [0.29, 0.717) is 6.42 Å². The van der Waals surface area contributed by atoms with E-state index in [1.165, 1.54) is 116 Å². The van der Waals surface area contributed by atoms with Crippen LogP contribution in [0.3, 0.4) is 0 Å². The van der Waals surface area contributed by atoms with Gasteiger partial charge in [0, 0.05) is 6.42 Å². The van der Waals surface area contributed by atoms with Crippen LogP contribution in [0.1, 0.15) is 174 Å². The van der Waals surface area contributed by atoms with E-state index in [9.17, 15) is 9.90 Å². The maximum absolute atomic E-state index is 12.1. The minimum Gasteiger partial charge on any atom is -0.498 e. The van der Waals surface area contributed by atoms with Gasteiger partial charge in [0.25, 0.3) is 0 Å². The molecule has 0 fully saturated rings. The van der Waals surface area contributed by atoms with Gasteiger partial charge in [-0.2, -0.15) is 0 Å². The second kappa shape index (κ2) is 38.1. The smallest absolute Gasteiger partial charge is 0.306 e. The third-order valence-electron chi connectivity index (χ3n) is 7.91. The van der Waals surface area contributed by atoms with Crippen molar-refractivity contribution < 1.29 is 19.4 Å². The summed E-state index contributed by atoms with van der Waals surface area (Å²) in [7, 11) is 0. The van der Waals surface area contributed by atoms with Gasteiger partial charge in [-0.3, -0.25) is 4.79 Å². The van der Waals surface area contributed by atoms with Gasteiger partial charge in [-0.15, -0.1) is 0 Å². The Morgan fingerprint density at radius 2 is 0.933 bits per heavy atom. The lowest BCUT2D eigenvalue weighted by molar-refractivity contribution is -0.153. The van der Waals surface area contributed by atoms with Crippen LogP contribution in [0.4, 0.5) is 0 Å². The lowest BCUT2D eigenvalue weighted by atomic mass is 10.0.